The van der Waals surface area contributed by atoms with Crippen LogP contribution in [0.25, 0.3) is 0 Å². The molecule has 1 aliphatic rings. The number of hydrogen-bond acceptors (Lipinski definition) is 4. The quantitative estimate of drug-likeness (QED) is 0.773. The Kier molecular flexibility index (Phi) is 6.80. The average Bonchev–Trinajstić information content (AvgIpc) is 2.74. The van der Waals surface area contributed by atoms with Gasteiger partial charge in [0.15, 0.2) is 0 Å². The second-order valence-corrected chi connectivity index (χ2v) is 9.07. The van der Waals surface area contributed by atoms with Crippen LogP contribution in [0.1, 0.15) is 44.2 Å². The molecule has 1 atom stereocenters. The van der Waals surface area contributed by atoms with E-state index in [1.165, 1.54) is 10.5 Å². The van der Waals surface area contributed by atoms with Crippen LogP contribution in [0.4, 0.5) is 0 Å². The molecule has 28 heavy (non-hydrogen) atoms. The first kappa shape index (κ1) is 20.5. The van der Waals surface area contributed by atoms with Gasteiger partial charge in [-0.1, -0.05) is 43.7 Å². The van der Waals surface area contributed by atoms with Crippen molar-refractivity contribution in [1.29, 1.82) is 0 Å². The third-order valence-corrected chi connectivity index (χ3v) is 7.07. The fourth-order valence-corrected chi connectivity index (χ4v) is 5.03. The van der Waals surface area contributed by atoms with E-state index in [9.17, 15) is 13.2 Å². The Morgan fingerprint density at radius 1 is 1.18 bits per heavy atom. The van der Waals surface area contributed by atoms with Crippen molar-refractivity contribution < 1.29 is 13.2 Å². The van der Waals surface area contributed by atoms with Crippen molar-refractivity contribution >= 4 is 15.9 Å². The zero-order chi connectivity index (χ0) is 20.0. The third-order valence-electron chi connectivity index (χ3n) is 5.19. The van der Waals surface area contributed by atoms with Crippen molar-refractivity contribution in [2.45, 2.75) is 43.5 Å². The zero-order valence-corrected chi connectivity index (χ0v) is 16.9. The Balaban J connectivity index is 1.60. The lowest BCUT2D eigenvalue weighted by Gasteiger charge is -2.31. The molecular formula is C21H27N3O3S. The van der Waals surface area contributed by atoms with Crippen LogP contribution in [-0.2, 0) is 14.8 Å². The van der Waals surface area contributed by atoms with Gasteiger partial charge in [-0.3, -0.25) is 9.78 Å². The molecule has 150 valence electrons. The fourth-order valence-electron chi connectivity index (χ4n) is 3.59. The number of rotatable bonds is 7. The Morgan fingerprint density at radius 3 is 2.50 bits per heavy atom. The van der Waals surface area contributed by atoms with Crippen LogP contribution in [0.3, 0.4) is 0 Å². The van der Waals surface area contributed by atoms with Crippen molar-refractivity contribution in [3.63, 3.8) is 0 Å². The van der Waals surface area contributed by atoms with E-state index in [4.69, 9.17) is 0 Å². The summed E-state index contributed by atoms with van der Waals surface area (Å²) < 4.78 is 26.8. The number of benzene rings is 1. The van der Waals surface area contributed by atoms with E-state index < -0.39 is 10.0 Å². The molecule has 6 nitrogen and oxygen atoms in total. The summed E-state index contributed by atoms with van der Waals surface area (Å²) in [5.41, 5.74) is 1.11. The minimum Gasteiger partial charge on any atom is -0.349 e. The summed E-state index contributed by atoms with van der Waals surface area (Å²) in [5, 5.41) is 3.17. The maximum Gasteiger partial charge on any atom is 0.244 e. The first-order valence-electron chi connectivity index (χ1n) is 9.78. The SMILES string of the molecule is CCCC(NC(=O)C1CCN(S(=O)(=O)c2cccnc2)CC1)c1ccccc1. The smallest absolute Gasteiger partial charge is 0.244 e. The van der Waals surface area contributed by atoms with Crippen LogP contribution < -0.4 is 5.32 Å². The monoisotopic (exact) mass is 401 g/mol. The van der Waals surface area contributed by atoms with E-state index in [1.807, 2.05) is 30.3 Å². The Hall–Kier alpha value is -2.25. The van der Waals surface area contributed by atoms with Crippen LogP contribution >= 0.6 is 0 Å². The van der Waals surface area contributed by atoms with Gasteiger partial charge in [-0.05, 0) is 37.0 Å². The molecule has 3 rings (SSSR count). The molecule has 0 saturated carbocycles. The number of nitrogens with zero attached hydrogens (tertiary/aromatic N) is 2. The lowest BCUT2D eigenvalue weighted by atomic mass is 9.95. The normalized spacial score (nSPS) is 17.2. The topological polar surface area (TPSA) is 79.4 Å². The number of piperidine rings is 1. The molecule has 1 aromatic heterocycles. The summed E-state index contributed by atoms with van der Waals surface area (Å²) in [5.74, 6) is -0.149. The molecule has 2 aromatic rings. The highest BCUT2D eigenvalue weighted by molar-refractivity contribution is 7.89. The van der Waals surface area contributed by atoms with Crippen molar-refractivity contribution in [2.75, 3.05) is 13.1 Å². The maximum absolute atomic E-state index is 12.8. The van der Waals surface area contributed by atoms with E-state index in [0.717, 1.165) is 18.4 Å². The summed E-state index contributed by atoms with van der Waals surface area (Å²) in [6.07, 6.45) is 5.82. The van der Waals surface area contributed by atoms with Gasteiger partial charge in [0, 0.05) is 31.4 Å². The van der Waals surface area contributed by atoms with E-state index in [0.29, 0.717) is 25.9 Å². The van der Waals surface area contributed by atoms with Crippen molar-refractivity contribution in [2.24, 2.45) is 5.92 Å². The van der Waals surface area contributed by atoms with Crippen molar-refractivity contribution in [3.05, 3.63) is 60.4 Å². The molecule has 2 heterocycles. The highest BCUT2D eigenvalue weighted by Gasteiger charge is 2.32. The van der Waals surface area contributed by atoms with E-state index in [1.54, 1.807) is 18.3 Å². The van der Waals surface area contributed by atoms with Gasteiger partial charge >= 0.3 is 0 Å². The van der Waals surface area contributed by atoms with Gasteiger partial charge in [-0.2, -0.15) is 4.31 Å². The van der Waals surface area contributed by atoms with Gasteiger partial charge < -0.3 is 5.32 Å². The Labute approximate surface area is 167 Å². The average molecular weight is 402 g/mol. The molecule has 1 N–H and O–H groups in total. The number of carbonyl (C=O) groups excluding carboxylic acids is 1. The number of pyridine rings is 1. The summed E-state index contributed by atoms with van der Waals surface area (Å²) in [6, 6.07) is 13.1. The third kappa shape index (κ3) is 4.77. The molecule has 7 heteroatoms. The minimum atomic E-state index is -3.55. The molecular weight excluding hydrogens is 374 g/mol. The molecule has 1 fully saturated rings. The molecule has 1 saturated heterocycles. The van der Waals surface area contributed by atoms with Crippen LogP contribution in [0.15, 0.2) is 59.8 Å². The minimum absolute atomic E-state index is 0.00384. The molecule has 1 unspecified atom stereocenters. The first-order valence-corrected chi connectivity index (χ1v) is 11.2. The number of aromatic nitrogens is 1. The number of hydrogen-bond donors (Lipinski definition) is 1. The molecule has 1 amide bonds. The number of carbonyl (C=O) groups is 1. The predicted octanol–water partition coefficient (Wildman–Crippen LogP) is 3.14. The Bertz CT molecular complexity index is 864. The summed E-state index contributed by atoms with van der Waals surface area (Å²) in [7, 11) is -3.55. The van der Waals surface area contributed by atoms with Gasteiger partial charge in [0.25, 0.3) is 0 Å². The maximum atomic E-state index is 12.8. The van der Waals surface area contributed by atoms with Gasteiger partial charge in [0.2, 0.25) is 15.9 Å². The van der Waals surface area contributed by atoms with Crippen molar-refractivity contribution in [3.8, 4) is 0 Å². The predicted molar refractivity (Wildman–Crippen MR) is 108 cm³/mol. The van der Waals surface area contributed by atoms with Gasteiger partial charge in [0.05, 0.1) is 6.04 Å². The van der Waals surface area contributed by atoms with Gasteiger partial charge in [0.1, 0.15) is 4.90 Å². The highest BCUT2D eigenvalue weighted by Crippen LogP contribution is 2.25. The van der Waals surface area contributed by atoms with Gasteiger partial charge in [-0.25, -0.2) is 8.42 Å². The molecule has 0 radical (unpaired) electrons. The largest absolute Gasteiger partial charge is 0.349 e. The Morgan fingerprint density at radius 2 is 1.89 bits per heavy atom. The number of nitrogens with one attached hydrogen (secondary N) is 1. The fraction of sp³-hybridized carbons (Fsp3) is 0.429. The summed E-state index contributed by atoms with van der Waals surface area (Å²) >= 11 is 0. The molecule has 0 spiro atoms. The molecule has 1 aliphatic heterocycles. The first-order chi connectivity index (χ1) is 13.5. The second kappa shape index (κ2) is 9.30. The standard InChI is InChI=1S/C21H27N3O3S/c1-2-7-20(17-8-4-3-5-9-17)23-21(25)18-11-14-24(15-12-18)28(26,27)19-10-6-13-22-16-19/h3-6,8-10,13,16,18,20H,2,7,11-12,14-15H2,1H3,(H,23,25). The number of amides is 1. The highest BCUT2D eigenvalue weighted by atomic mass is 32.2. The van der Waals surface area contributed by atoms with Crippen molar-refractivity contribution in [1.82, 2.24) is 14.6 Å². The van der Waals surface area contributed by atoms with Crippen LogP contribution in [0, 0.1) is 5.92 Å². The second-order valence-electron chi connectivity index (χ2n) is 7.13. The van der Waals surface area contributed by atoms with E-state index >= 15 is 0 Å². The molecule has 1 aromatic carbocycles. The van der Waals surface area contributed by atoms with E-state index in [2.05, 4.69) is 17.2 Å². The zero-order valence-electron chi connectivity index (χ0n) is 16.1. The molecule has 0 bridgehead atoms. The van der Waals surface area contributed by atoms with Crippen LogP contribution in [-0.4, -0.2) is 36.7 Å². The summed E-state index contributed by atoms with van der Waals surface area (Å²) in [6.45, 7) is 2.79. The van der Waals surface area contributed by atoms with Gasteiger partial charge in [-0.15, -0.1) is 0 Å². The van der Waals surface area contributed by atoms with E-state index in [-0.39, 0.29) is 22.8 Å². The molecule has 0 aliphatic carbocycles. The van der Waals surface area contributed by atoms with Crippen LogP contribution in [0.5, 0.6) is 0 Å². The summed E-state index contributed by atoms with van der Waals surface area (Å²) in [4.78, 5) is 16.9. The lowest BCUT2D eigenvalue weighted by Crippen LogP contribution is -2.43. The number of sulfonamides is 1. The lowest BCUT2D eigenvalue weighted by molar-refractivity contribution is -0.127. The van der Waals surface area contributed by atoms with Crippen LogP contribution in [0.2, 0.25) is 0 Å².